The van der Waals surface area contributed by atoms with Gasteiger partial charge in [-0.05, 0) is 23.8 Å². The average molecular weight is 412 g/mol. The predicted molar refractivity (Wildman–Crippen MR) is 93.6 cm³/mol. The summed E-state index contributed by atoms with van der Waals surface area (Å²) >= 11 is 0. The molecular weight excluding hydrogens is 397 g/mol. The number of aryl methyl sites for hydroxylation is 1. The lowest BCUT2D eigenvalue weighted by Gasteiger charge is -2.14. The molecule has 1 aromatic carbocycles. The molecule has 0 aliphatic heterocycles. The van der Waals surface area contributed by atoms with E-state index in [4.69, 9.17) is 0 Å². The molecule has 0 spiro atoms. The molecule has 0 atom stereocenters. The van der Waals surface area contributed by atoms with Crippen molar-refractivity contribution in [2.45, 2.75) is 17.8 Å². The van der Waals surface area contributed by atoms with Crippen LogP contribution in [0.2, 0.25) is 0 Å². The second-order valence-corrected chi connectivity index (χ2v) is 7.54. The van der Waals surface area contributed by atoms with E-state index in [1.165, 1.54) is 18.3 Å². The monoisotopic (exact) mass is 412 g/mol. The topological polar surface area (TPSA) is 86.1 Å². The van der Waals surface area contributed by atoms with E-state index in [1.54, 1.807) is 36.4 Å². The highest BCUT2D eigenvalue weighted by atomic mass is 32.2. The molecule has 11 heteroatoms. The summed E-state index contributed by atoms with van der Waals surface area (Å²) in [6.07, 6.45) is 1.46. The van der Waals surface area contributed by atoms with Gasteiger partial charge in [-0.1, -0.05) is 12.1 Å². The van der Waals surface area contributed by atoms with Crippen molar-refractivity contribution in [2.24, 2.45) is 7.05 Å². The molecule has 0 amide bonds. The first-order chi connectivity index (χ1) is 13.1. The molecule has 0 saturated carbocycles. The maximum atomic E-state index is 12.5. The maximum Gasteiger partial charge on any atom is 0.573 e. The number of hydrogen-bond donors (Lipinski definition) is 1. The van der Waals surface area contributed by atoms with Crippen LogP contribution in [0.5, 0.6) is 5.75 Å². The van der Waals surface area contributed by atoms with Crippen LogP contribution in [0.4, 0.5) is 13.2 Å². The number of hydrogen-bond acceptors (Lipinski definition) is 5. The zero-order valence-electron chi connectivity index (χ0n) is 14.5. The van der Waals surface area contributed by atoms with E-state index < -0.39 is 27.0 Å². The molecule has 3 aromatic rings. The Morgan fingerprint density at radius 3 is 2.57 bits per heavy atom. The van der Waals surface area contributed by atoms with Crippen LogP contribution in [0.15, 0.2) is 60.0 Å². The Kier molecular flexibility index (Phi) is 5.38. The van der Waals surface area contributed by atoms with Crippen molar-refractivity contribution in [3.8, 4) is 16.9 Å². The van der Waals surface area contributed by atoms with Gasteiger partial charge in [-0.2, -0.15) is 5.10 Å². The summed E-state index contributed by atoms with van der Waals surface area (Å²) in [5.74, 6) is -0.801. The number of ether oxygens (including phenoxy) is 1. The van der Waals surface area contributed by atoms with Crippen molar-refractivity contribution >= 4 is 10.0 Å². The number of benzene rings is 1. The Morgan fingerprint density at radius 1 is 1.14 bits per heavy atom. The van der Waals surface area contributed by atoms with Crippen molar-refractivity contribution in [3.05, 3.63) is 60.7 Å². The lowest BCUT2D eigenvalue weighted by molar-refractivity contribution is -0.275. The van der Waals surface area contributed by atoms with Crippen LogP contribution >= 0.6 is 0 Å². The van der Waals surface area contributed by atoms with Crippen LogP contribution in [-0.2, 0) is 23.6 Å². The average Bonchev–Trinajstić information content (AvgIpc) is 3.06. The van der Waals surface area contributed by atoms with Gasteiger partial charge in [0.25, 0.3) is 0 Å². The van der Waals surface area contributed by atoms with E-state index in [0.29, 0.717) is 5.56 Å². The highest BCUT2D eigenvalue weighted by Gasteiger charge is 2.33. The standard InChI is InChI=1S/C17H15F3N4O3S/c1-24-11-14(10-22-24)13-6-12(7-21-9-13)8-23-28(25,26)16-5-3-2-4-15(16)27-17(18,19)20/h2-7,9-11,23H,8H2,1H3. The van der Waals surface area contributed by atoms with Crippen LogP contribution in [0.3, 0.4) is 0 Å². The van der Waals surface area contributed by atoms with E-state index >= 15 is 0 Å². The molecule has 0 unspecified atom stereocenters. The van der Waals surface area contributed by atoms with Gasteiger partial charge in [0.1, 0.15) is 10.6 Å². The number of rotatable bonds is 6. The zero-order valence-corrected chi connectivity index (χ0v) is 15.3. The Hall–Kier alpha value is -2.92. The third kappa shape index (κ3) is 4.87. The molecule has 0 saturated heterocycles. The van der Waals surface area contributed by atoms with Crippen LogP contribution < -0.4 is 9.46 Å². The first-order valence-electron chi connectivity index (χ1n) is 7.91. The van der Waals surface area contributed by atoms with Gasteiger partial charge in [-0.25, -0.2) is 13.1 Å². The summed E-state index contributed by atoms with van der Waals surface area (Å²) in [5.41, 5.74) is 2.05. The number of aromatic nitrogens is 3. The summed E-state index contributed by atoms with van der Waals surface area (Å²) in [5, 5.41) is 4.06. The quantitative estimate of drug-likeness (QED) is 0.673. The summed E-state index contributed by atoms with van der Waals surface area (Å²) in [7, 11) is -2.49. The number of nitrogens with zero attached hydrogens (tertiary/aromatic N) is 3. The minimum Gasteiger partial charge on any atom is -0.404 e. The molecule has 0 radical (unpaired) electrons. The van der Waals surface area contributed by atoms with Gasteiger partial charge in [0.15, 0.2) is 0 Å². The van der Waals surface area contributed by atoms with Crippen molar-refractivity contribution in [2.75, 3.05) is 0 Å². The normalized spacial score (nSPS) is 12.1. The smallest absolute Gasteiger partial charge is 0.404 e. The van der Waals surface area contributed by atoms with Crippen LogP contribution in [0.1, 0.15) is 5.56 Å². The minimum absolute atomic E-state index is 0.163. The second-order valence-electron chi connectivity index (χ2n) is 5.80. The second kappa shape index (κ2) is 7.60. The third-order valence-electron chi connectivity index (χ3n) is 3.66. The molecular formula is C17H15F3N4O3S. The maximum absolute atomic E-state index is 12.5. The fourth-order valence-corrected chi connectivity index (χ4v) is 3.59. The molecule has 0 aliphatic rings. The molecule has 2 heterocycles. The van der Waals surface area contributed by atoms with Crippen molar-refractivity contribution < 1.29 is 26.3 Å². The molecule has 28 heavy (non-hydrogen) atoms. The predicted octanol–water partition coefficient (Wildman–Crippen LogP) is 2.86. The number of para-hydroxylation sites is 1. The number of halogens is 3. The summed E-state index contributed by atoms with van der Waals surface area (Å²) < 4.78 is 70.2. The van der Waals surface area contributed by atoms with Gasteiger partial charge < -0.3 is 4.74 Å². The minimum atomic E-state index is -5.01. The van der Waals surface area contributed by atoms with Gasteiger partial charge >= 0.3 is 6.36 Å². The Labute approximate surface area is 158 Å². The lowest BCUT2D eigenvalue weighted by Crippen LogP contribution is -2.25. The van der Waals surface area contributed by atoms with Crippen LogP contribution in [-0.4, -0.2) is 29.5 Å². The van der Waals surface area contributed by atoms with E-state index in [2.05, 4.69) is 19.5 Å². The SMILES string of the molecule is Cn1cc(-c2cncc(CNS(=O)(=O)c3ccccc3OC(F)(F)F)c2)cn1. The number of nitrogens with one attached hydrogen (secondary N) is 1. The van der Waals surface area contributed by atoms with E-state index in [-0.39, 0.29) is 6.54 Å². The lowest BCUT2D eigenvalue weighted by atomic mass is 10.1. The number of alkyl halides is 3. The molecule has 3 rings (SSSR count). The van der Waals surface area contributed by atoms with Gasteiger partial charge in [0.05, 0.1) is 6.20 Å². The van der Waals surface area contributed by atoms with E-state index in [1.807, 2.05) is 0 Å². The molecule has 0 bridgehead atoms. The van der Waals surface area contributed by atoms with Crippen LogP contribution in [0, 0.1) is 0 Å². The van der Waals surface area contributed by atoms with Gasteiger partial charge in [0.2, 0.25) is 10.0 Å². The Bertz CT molecular complexity index is 1080. The molecule has 2 aromatic heterocycles. The van der Waals surface area contributed by atoms with Crippen molar-refractivity contribution in [1.82, 2.24) is 19.5 Å². The van der Waals surface area contributed by atoms with Gasteiger partial charge in [0, 0.05) is 43.3 Å². The number of pyridine rings is 1. The first-order valence-corrected chi connectivity index (χ1v) is 9.40. The zero-order chi connectivity index (χ0) is 20.4. The molecule has 148 valence electrons. The number of sulfonamides is 1. The summed E-state index contributed by atoms with van der Waals surface area (Å²) in [4.78, 5) is 3.46. The summed E-state index contributed by atoms with van der Waals surface area (Å²) in [6, 6.07) is 6.24. The largest absolute Gasteiger partial charge is 0.573 e. The molecule has 0 aliphatic carbocycles. The van der Waals surface area contributed by atoms with Crippen LogP contribution in [0.25, 0.3) is 11.1 Å². The fraction of sp³-hybridized carbons (Fsp3) is 0.176. The first kappa shape index (κ1) is 19.8. The van der Waals surface area contributed by atoms with Gasteiger partial charge in [-0.3, -0.25) is 9.67 Å². The van der Waals surface area contributed by atoms with Crippen molar-refractivity contribution in [1.29, 1.82) is 0 Å². The molecule has 1 N–H and O–H groups in total. The van der Waals surface area contributed by atoms with Crippen molar-refractivity contribution in [3.63, 3.8) is 0 Å². The Morgan fingerprint density at radius 2 is 1.89 bits per heavy atom. The highest BCUT2D eigenvalue weighted by molar-refractivity contribution is 7.89. The van der Waals surface area contributed by atoms with Gasteiger partial charge in [-0.15, -0.1) is 13.2 Å². The highest BCUT2D eigenvalue weighted by Crippen LogP contribution is 2.29. The summed E-state index contributed by atoms with van der Waals surface area (Å²) in [6.45, 7) is -0.163. The molecule has 7 nitrogen and oxygen atoms in total. The molecule has 0 fully saturated rings. The van der Waals surface area contributed by atoms with E-state index in [0.717, 1.165) is 23.3 Å². The van der Waals surface area contributed by atoms with E-state index in [9.17, 15) is 21.6 Å². The third-order valence-corrected chi connectivity index (χ3v) is 5.10. The fourth-order valence-electron chi connectivity index (χ4n) is 2.45. The Balaban J connectivity index is 1.80.